The van der Waals surface area contributed by atoms with Gasteiger partial charge >= 0.3 is 0 Å². The molecular formula is C6H13NO2. The molecule has 3 heteroatoms. The summed E-state index contributed by atoms with van der Waals surface area (Å²) >= 11 is 0. The summed E-state index contributed by atoms with van der Waals surface area (Å²) in [6.45, 7) is 3.52. The van der Waals surface area contributed by atoms with E-state index >= 15 is 0 Å². The zero-order valence-corrected chi connectivity index (χ0v) is 5.38. The second-order valence-electron chi connectivity index (χ2n) is 1.92. The highest BCUT2D eigenvalue weighted by atomic mass is 16.3. The molecule has 0 saturated heterocycles. The molecule has 0 bridgehead atoms. The molecule has 0 aromatic carbocycles. The van der Waals surface area contributed by atoms with E-state index in [1.807, 2.05) is 0 Å². The van der Waals surface area contributed by atoms with Gasteiger partial charge in [0, 0.05) is 12.6 Å². The normalized spacial score (nSPS) is 13.2. The van der Waals surface area contributed by atoms with E-state index in [1.54, 1.807) is 0 Å². The summed E-state index contributed by atoms with van der Waals surface area (Å²) in [7, 11) is 0. The molecule has 3 nitrogen and oxygen atoms in total. The molecule has 0 radical (unpaired) electrons. The number of aliphatic hydroxyl groups is 2. The molecule has 9 heavy (non-hydrogen) atoms. The maximum absolute atomic E-state index is 8.46. The van der Waals surface area contributed by atoms with Crippen molar-refractivity contribution in [3.05, 3.63) is 12.2 Å². The topological polar surface area (TPSA) is 66.5 Å². The fourth-order valence-electron chi connectivity index (χ4n) is 0.458. The minimum atomic E-state index is -0.378. The Hall–Kier alpha value is -0.380. The monoisotopic (exact) mass is 131 g/mol. The first-order valence-electron chi connectivity index (χ1n) is 2.87. The first-order chi connectivity index (χ1) is 4.22. The van der Waals surface area contributed by atoms with Gasteiger partial charge in [-0.1, -0.05) is 12.2 Å². The van der Waals surface area contributed by atoms with Crippen molar-refractivity contribution in [2.24, 2.45) is 5.73 Å². The van der Waals surface area contributed by atoms with Crippen LogP contribution in [-0.2, 0) is 0 Å². The van der Waals surface area contributed by atoms with Gasteiger partial charge in [0.1, 0.15) is 0 Å². The lowest BCUT2D eigenvalue weighted by Crippen LogP contribution is -2.26. The van der Waals surface area contributed by atoms with E-state index in [2.05, 4.69) is 6.58 Å². The molecule has 0 aliphatic rings. The fraction of sp³-hybridized carbons (Fsp3) is 0.667. The molecule has 0 rings (SSSR count). The molecular weight excluding hydrogens is 118 g/mol. The molecule has 0 aromatic rings. The van der Waals surface area contributed by atoms with Gasteiger partial charge < -0.3 is 15.9 Å². The highest BCUT2D eigenvalue weighted by Crippen LogP contribution is 1.99. The Kier molecular flexibility index (Phi) is 4.30. The Morgan fingerprint density at radius 3 is 2.44 bits per heavy atom. The second kappa shape index (κ2) is 4.49. The summed E-state index contributed by atoms with van der Waals surface area (Å²) in [5.74, 6) is 0. The minimum Gasteiger partial charge on any atom is -0.396 e. The third kappa shape index (κ3) is 3.24. The average molecular weight is 131 g/mol. The van der Waals surface area contributed by atoms with Gasteiger partial charge in [0.2, 0.25) is 0 Å². The summed E-state index contributed by atoms with van der Waals surface area (Å²) in [6, 6.07) is -0.378. The first kappa shape index (κ1) is 8.62. The smallest absolute Gasteiger partial charge is 0.0621 e. The van der Waals surface area contributed by atoms with Gasteiger partial charge in [-0.3, -0.25) is 0 Å². The van der Waals surface area contributed by atoms with Crippen LogP contribution in [0.5, 0.6) is 0 Å². The van der Waals surface area contributed by atoms with Gasteiger partial charge in [0.25, 0.3) is 0 Å². The number of aliphatic hydroxyl groups excluding tert-OH is 2. The largest absolute Gasteiger partial charge is 0.396 e. The van der Waals surface area contributed by atoms with Crippen molar-refractivity contribution in [2.45, 2.75) is 12.5 Å². The maximum atomic E-state index is 8.46. The zero-order chi connectivity index (χ0) is 7.28. The number of hydrogen-bond acceptors (Lipinski definition) is 3. The third-order valence-corrected chi connectivity index (χ3v) is 1.15. The van der Waals surface area contributed by atoms with Crippen molar-refractivity contribution in [3.8, 4) is 0 Å². The molecule has 0 spiro atoms. The summed E-state index contributed by atoms with van der Waals surface area (Å²) in [6.07, 6.45) is 0.474. The van der Waals surface area contributed by atoms with Crippen molar-refractivity contribution < 1.29 is 10.2 Å². The zero-order valence-electron chi connectivity index (χ0n) is 5.38. The molecule has 4 N–H and O–H groups in total. The van der Waals surface area contributed by atoms with Crippen molar-refractivity contribution >= 4 is 0 Å². The molecule has 0 amide bonds. The van der Waals surface area contributed by atoms with Crippen molar-refractivity contribution in [1.82, 2.24) is 0 Å². The maximum Gasteiger partial charge on any atom is 0.0621 e. The van der Waals surface area contributed by atoms with Crippen LogP contribution in [0.15, 0.2) is 12.2 Å². The molecule has 0 unspecified atom stereocenters. The van der Waals surface area contributed by atoms with Crippen LogP contribution in [0.1, 0.15) is 6.42 Å². The van der Waals surface area contributed by atoms with Crippen molar-refractivity contribution in [2.75, 3.05) is 13.2 Å². The van der Waals surface area contributed by atoms with E-state index in [0.29, 0.717) is 12.0 Å². The Bertz CT molecular complexity index is 93.1. The van der Waals surface area contributed by atoms with Crippen LogP contribution in [0.3, 0.4) is 0 Å². The summed E-state index contributed by atoms with van der Waals surface area (Å²) < 4.78 is 0. The quantitative estimate of drug-likeness (QED) is 0.439. The summed E-state index contributed by atoms with van der Waals surface area (Å²) in [5, 5.41) is 16.8. The molecule has 0 aliphatic carbocycles. The van der Waals surface area contributed by atoms with Gasteiger partial charge in [-0.2, -0.15) is 0 Å². The van der Waals surface area contributed by atoms with Gasteiger partial charge in [-0.25, -0.2) is 0 Å². The number of hydrogen-bond donors (Lipinski definition) is 3. The van der Waals surface area contributed by atoms with E-state index in [9.17, 15) is 0 Å². The lowest BCUT2D eigenvalue weighted by Gasteiger charge is -2.09. The molecule has 54 valence electrons. The van der Waals surface area contributed by atoms with Gasteiger partial charge in [0.15, 0.2) is 0 Å². The van der Waals surface area contributed by atoms with E-state index in [0.717, 1.165) is 0 Å². The lowest BCUT2D eigenvalue weighted by molar-refractivity contribution is 0.265. The summed E-state index contributed by atoms with van der Waals surface area (Å²) in [5.41, 5.74) is 6.04. The van der Waals surface area contributed by atoms with Crippen LogP contribution < -0.4 is 5.73 Å². The molecule has 0 saturated carbocycles. The minimum absolute atomic E-state index is 0.0481. The molecule has 0 heterocycles. The second-order valence-corrected chi connectivity index (χ2v) is 1.92. The van der Waals surface area contributed by atoms with E-state index in [4.69, 9.17) is 15.9 Å². The van der Waals surface area contributed by atoms with Crippen LogP contribution in [0.25, 0.3) is 0 Å². The van der Waals surface area contributed by atoms with Gasteiger partial charge in [-0.05, 0) is 6.42 Å². The Labute approximate surface area is 54.8 Å². The highest BCUT2D eigenvalue weighted by Gasteiger charge is 2.02. The molecule has 0 aliphatic heterocycles. The van der Waals surface area contributed by atoms with Crippen LogP contribution in [0, 0.1) is 0 Å². The molecule has 0 fully saturated rings. The third-order valence-electron chi connectivity index (χ3n) is 1.15. The van der Waals surface area contributed by atoms with Crippen molar-refractivity contribution in [3.63, 3.8) is 0 Å². The fourth-order valence-corrected chi connectivity index (χ4v) is 0.458. The van der Waals surface area contributed by atoms with Crippen LogP contribution in [-0.4, -0.2) is 29.5 Å². The van der Waals surface area contributed by atoms with E-state index in [-0.39, 0.29) is 19.3 Å². The standard InChI is InChI=1S/C6H13NO2/c1-5(2-3-8)6(7)4-9/h6,8-9H,1-4,7H2/t6-/m1/s1. The SMILES string of the molecule is C=C(CCO)[C@H](N)CO. The van der Waals surface area contributed by atoms with Gasteiger partial charge in [0.05, 0.1) is 6.61 Å². The lowest BCUT2D eigenvalue weighted by atomic mass is 10.1. The predicted molar refractivity (Wildman–Crippen MR) is 35.9 cm³/mol. The number of rotatable bonds is 4. The van der Waals surface area contributed by atoms with Crippen LogP contribution in [0.4, 0.5) is 0 Å². The Morgan fingerprint density at radius 1 is 1.56 bits per heavy atom. The Morgan fingerprint density at radius 2 is 2.11 bits per heavy atom. The molecule has 0 aromatic heterocycles. The Balaban J connectivity index is 3.46. The average Bonchev–Trinajstić information content (AvgIpc) is 1.87. The van der Waals surface area contributed by atoms with E-state index < -0.39 is 0 Å². The van der Waals surface area contributed by atoms with E-state index in [1.165, 1.54) is 0 Å². The van der Waals surface area contributed by atoms with Gasteiger partial charge in [-0.15, -0.1) is 0 Å². The first-order valence-corrected chi connectivity index (χ1v) is 2.87. The molecule has 1 atom stereocenters. The number of nitrogens with two attached hydrogens (primary N) is 1. The highest BCUT2D eigenvalue weighted by molar-refractivity contribution is 5.03. The summed E-state index contributed by atoms with van der Waals surface area (Å²) in [4.78, 5) is 0. The van der Waals surface area contributed by atoms with Crippen molar-refractivity contribution in [1.29, 1.82) is 0 Å². The van der Waals surface area contributed by atoms with Crippen LogP contribution >= 0.6 is 0 Å². The predicted octanol–water partition coefficient (Wildman–Crippen LogP) is -0.755. The van der Waals surface area contributed by atoms with Crippen LogP contribution in [0.2, 0.25) is 0 Å².